The van der Waals surface area contributed by atoms with Gasteiger partial charge in [0, 0.05) is 18.6 Å². The molecule has 0 aromatic heterocycles. The minimum Gasteiger partial charge on any atom is -0.461 e. The van der Waals surface area contributed by atoms with Crippen LogP contribution in [0.4, 0.5) is 5.69 Å². The summed E-state index contributed by atoms with van der Waals surface area (Å²) in [6, 6.07) is 4.91. The molecule has 0 atom stereocenters. The topological polar surface area (TPSA) is 83.9 Å². The van der Waals surface area contributed by atoms with Crippen molar-refractivity contribution in [3.8, 4) is 0 Å². The average molecular weight is 352 g/mol. The Bertz CT molecular complexity index is 570. The van der Waals surface area contributed by atoms with Crippen LogP contribution in [-0.4, -0.2) is 45.4 Å². The molecule has 0 fully saturated rings. The number of ether oxygens (including phenoxy) is 1. The van der Waals surface area contributed by atoms with E-state index in [1.807, 2.05) is 19.0 Å². The van der Waals surface area contributed by atoms with Crippen LogP contribution in [0.3, 0.4) is 0 Å². The summed E-state index contributed by atoms with van der Waals surface area (Å²) < 4.78 is 34.9. The quantitative estimate of drug-likeness (QED) is 0.640. The molecule has 0 radical (unpaired) electrons. The van der Waals surface area contributed by atoms with Crippen LogP contribution in [0, 0.1) is 0 Å². The Morgan fingerprint density at radius 1 is 1.42 bits per heavy atom. The van der Waals surface area contributed by atoms with Crippen LogP contribution < -0.4 is 4.90 Å². The van der Waals surface area contributed by atoms with Gasteiger partial charge in [-0.05, 0) is 34.1 Å². The van der Waals surface area contributed by atoms with Crippen molar-refractivity contribution in [2.24, 2.45) is 0 Å². The molecule has 0 saturated carbocycles. The summed E-state index contributed by atoms with van der Waals surface area (Å²) in [4.78, 5) is 13.5. The monoisotopic (exact) mass is 351 g/mol. The predicted octanol–water partition coefficient (Wildman–Crippen LogP) is 1.56. The summed E-state index contributed by atoms with van der Waals surface area (Å²) in [5.41, 5.74) is 1.20. The number of carbonyl (C=O) groups is 1. The molecule has 0 heterocycles. The number of rotatable bonds is 5. The van der Waals surface area contributed by atoms with Gasteiger partial charge in [0.2, 0.25) is 0 Å². The van der Waals surface area contributed by atoms with Crippen molar-refractivity contribution in [2.75, 3.05) is 31.4 Å². The van der Waals surface area contributed by atoms with Gasteiger partial charge in [-0.2, -0.15) is 8.42 Å². The first kappa shape index (κ1) is 15.9. The maximum atomic E-state index is 11.6. The molecule has 0 unspecified atom stereocenters. The molecule has 106 valence electrons. The zero-order valence-electron chi connectivity index (χ0n) is 10.5. The van der Waals surface area contributed by atoms with Gasteiger partial charge in [0.15, 0.2) is 0 Å². The first-order valence-corrected chi connectivity index (χ1v) is 7.70. The SMILES string of the molecule is CN(C)c1ccc(C(=O)OCCS(=O)(=O)O)cc1Br. The third-order valence-electron chi connectivity index (χ3n) is 2.24. The van der Waals surface area contributed by atoms with E-state index in [0.717, 1.165) is 10.2 Å². The van der Waals surface area contributed by atoms with Crippen LogP contribution in [0.15, 0.2) is 22.7 Å². The molecule has 0 bridgehead atoms. The molecule has 0 aliphatic carbocycles. The lowest BCUT2D eigenvalue weighted by atomic mass is 10.2. The Balaban J connectivity index is 2.71. The van der Waals surface area contributed by atoms with E-state index in [9.17, 15) is 13.2 Å². The normalized spacial score (nSPS) is 11.2. The predicted molar refractivity (Wildman–Crippen MR) is 75.2 cm³/mol. The average Bonchev–Trinajstić information content (AvgIpc) is 2.26. The molecular weight excluding hydrogens is 338 g/mol. The summed E-state index contributed by atoms with van der Waals surface area (Å²) in [5.74, 6) is -1.26. The van der Waals surface area contributed by atoms with Gasteiger partial charge in [0.05, 0.1) is 11.3 Å². The highest BCUT2D eigenvalue weighted by molar-refractivity contribution is 9.10. The van der Waals surface area contributed by atoms with Crippen LogP contribution in [0.1, 0.15) is 10.4 Å². The highest BCUT2D eigenvalue weighted by Gasteiger charge is 2.12. The van der Waals surface area contributed by atoms with Crippen molar-refractivity contribution < 1.29 is 22.5 Å². The summed E-state index contributed by atoms with van der Waals surface area (Å²) in [6.45, 7) is -0.384. The molecule has 0 spiro atoms. The molecule has 0 amide bonds. The number of halogens is 1. The molecule has 0 aliphatic rings. The van der Waals surface area contributed by atoms with Crippen molar-refractivity contribution in [3.63, 3.8) is 0 Å². The summed E-state index contributed by atoms with van der Waals surface area (Å²) in [7, 11) is -0.391. The maximum Gasteiger partial charge on any atom is 0.338 e. The Morgan fingerprint density at radius 2 is 2.05 bits per heavy atom. The Morgan fingerprint density at radius 3 is 2.53 bits per heavy atom. The minimum absolute atomic E-state index is 0.299. The smallest absolute Gasteiger partial charge is 0.338 e. The van der Waals surface area contributed by atoms with Gasteiger partial charge in [-0.15, -0.1) is 0 Å². The molecule has 1 aromatic rings. The number of hydrogen-bond acceptors (Lipinski definition) is 5. The minimum atomic E-state index is -4.12. The maximum absolute atomic E-state index is 11.6. The van der Waals surface area contributed by atoms with Gasteiger partial charge in [0.25, 0.3) is 10.1 Å². The van der Waals surface area contributed by atoms with Crippen LogP contribution in [0.2, 0.25) is 0 Å². The van der Waals surface area contributed by atoms with Crippen LogP contribution >= 0.6 is 15.9 Å². The fraction of sp³-hybridized carbons (Fsp3) is 0.364. The lowest BCUT2D eigenvalue weighted by molar-refractivity contribution is 0.0528. The molecule has 1 N–H and O–H groups in total. The first-order valence-electron chi connectivity index (χ1n) is 5.30. The lowest BCUT2D eigenvalue weighted by Crippen LogP contribution is -2.15. The van der Waals surface area contributed by atoms with Crippen molar-refractivity contribution in [2.45, 2.75) is 0 Å². The second kappa shape index (κ2) is 6.36. The third-order valence-corrected chi connectivity index (χ3v) is 3.56. The van der Waals surface area contributed by atoms with E-state index in [4.69, 9.17) is 9.29 Å². The molecular formula is C11H14BrNO5S. The fourth-order valence-corrected chi connectivity index (χ4v) is 2.35. The van der Waals surface area contributed by atoms with Crippen molar-refractivity contribution in [1.29, 1.82) is 0 Å². The fourth-order valence-electron chi connectivity index (χ4n) is 1.32. The standard InChI is InChI=1S/C11H14BrNO5S/c1-13(2)10-4-3-8(7-9(10)12)11(14)18-5-6-19(15,16)17/h3-4,7H,5-6H2,1-2H3,(H,15,16,17). The molecule has 0 aliphatic heterocycles. The van der Waals surface area contributed by atoms with E-state index in [0.29, 0.717) is 5.56 Å². The van der Waals surface area contributed by atoms with Gasteiger partial charge in [0.1, 0.15) is 12.4 Å². The number of benzene rings is 1. The largest absolute Gasteiger partial charge is 0.461 e. The number of esters is 1. The van der Waals surface area contributed by atoms with Gasteiger partial charge < -0.3 is 9.64 Å². The van der Waals surface area contributed by atoms with Gasteiger partial charge >= 0.3 is 5.97 Å². The first-order chi connectivity index (χ1) is 8.70. The van der Waals surface area contributed by atoms with Gasteiger partial charge in [-0.3, -0.25) is 4.55 Å². The summed E-state index contributed by atoms with van der Waals surface area (Å²) >= 11 is 3.33. The molecule has 8 heteroatoms. The van der Waals surface area contributed by atoms with Crippen LogP contribution in [0.5, 0.6) is 0 Å². The lowest BCUT2D eigenvalue weighted by Gasteiger charge is -2.15. The molecule has 1 aromatic carbocycles. The second-order valence-electron chi connectivity index (χ2n) is 3.98. The number of nitrogens with zero attached hydrogens (tertiary/aromatic N) is 1. The van der Waals surface area contributed by atoms with Crippen molar-refractivity contribution >= 4 is 37.7 Å². The molecule has 19 heavy (non-hydrogen) atoms. The molecule has 1 rings (SSSR count). The summed E-state index contributed by atoms with van der Waals surface area (Å²) in [6.07, 6.45) is 0. The van der Waals surface area contributed by atoms with Crippen molar-refractivity contribution in [1.82, 2.24) is 0 Å². The van der Waals surface area contributed by atoms with E-state index >= 15 is 0 Å². The summed E-state index contributed by atoms with van der Waals surface area (Å²) in [5, 5.41) is 0. The Hall–Kier alpha value is -1.12. The van der Waals surface area contributed by atoms with E-state index < -0.39 is 21.8 Å². The second-order valence-corrected chi connectivity index (χ2v) is 6.41. The van der Waals surface area contributed by atoms with Gasteiger partial charge in [-0.1, -0.05) is 0 Å². The zero-order chi connectivity index (χ0) is 14.6. The third kappa shape index (κ3) is 5.17. The van der Waals surface area contributed by atoms with Gasteiger partial charge in [-0.25, -0.2) is 4.79 Å². The molecule has 6 nitrogen and oxygen atoms in total. The highest BCUT2D eigenvalue weighted by Crippen LogP contribution is 2.25. The van der Waals surface area contributed by atoms with E-state index in [2.05, 4.69) is 15.9 Å². The highest BCUT2D eigenvalue weighted by atomic mass is 79.9. The van der Waals surface area contributed by atoms with Crippen LogP contribution in [-0.2, 0) is 14.9 Å². The van der Waals surface area contributed by atoms with Crippen LogP contribution in [0.25, 0.3) is 0 Å². The number of anilines is 1. The number of hydrogen-bond donors (Lipinski definition) is 1. The van der Waals surface area contributed by atoms with Crippen molar-refractivity contribution in [3.05, 3.63) is 28.2 Å². The zero-order valence-corrected chi connectivity index (χ0v) is 12.9. The Kier molecular flexibility index (Phi) is 5.33. The molecule has 0 saturated heterocycles. The Labute approximate surface area is 120 Å². The number of carbonyl (C=O) groups excluding carboxylic acids is 1. The van der Waals surface area contributed by atoms with E-state index in [-0.39, 0.29) is 6.61 Å². The van der Waals surface area contributed by atoms with E-state index in [1.165, 1.54) is 0 Å². The van der Waals surface area contributed by atoms with E-state index in [1.54, 1.807) is 18.2 Å².